The molecule has 4 N–H and O–H groups in total. The predicted octanol–water partition coefficient (Wildman–Crippen LogP) is 2.63. The number of aryl methyl sites for hydroxylation is 1. The van der Waals surface area contributed by atoms with Gasteiger partial charge in [-0.1, -0.05) is 45.0 Å². The molecule has 3 rings (SSSR count). The first-order chi connectivity index (χ1) is 14.5. The molecule has 1 aromatic heterocycles. The normalized spacial score (nSPS) is 21.1. The lowest BCUT2D eigenvalue weighted by atomic mass is 9.86. The van der Waals surface area contributed by atoms with Gasteiger partial charge < -0.3 is 21.1 Å². The molecule has 4 atom stereocenters. The first-order valence-electron chi connectivity index (χ1n) is 10.5. The van der Waals surface area contributed by atoms with Crippen molar-refractivity contribution >= 4 is 23.2 Å². The van der Waals surface area contributed by atoms with Gasteiger partial charge in [0.15, 0.2) is 0 Å². The van der Waals surface area contributed by atoms with Crippen LogP contribution in [0.4, 0.5) is 0 Å². The molecule has 0 spiro atoms. The van der Waals surface area contributed by atoms with Gasteiger partial charge in [0.2, 0.25) is 11.8 Å². The number of benzene rings is 1. The number of β-amino-alcohol motifs (C(OH)–C–C–N with tert-alkyl or cyclic N) is 1. The van der Waals surface area contributed by atoms with E-state index in [0.717, 1.165) is 21.7 Å². The van der Waals surface area contributed by atoms with Crippen LogP contribution >= 0.6 is 11.3 Å². The van der Waals surface area contributed by atoms with Crippen LogP contribution in [-0.2, 0) is 9.59 Å². The molecule has 1 aliphatic heterocycles. The molecule has 1 saturated heterocycles. The number of rotatable bonds is 5. The topological polar surface area (TPSA) is 109 Å². The van der Waals surface area contributed by atoms with Crippen LogP contribution in [0.25, 0.3) is 10.4 Å². The van der Waals surface area contributed by atoms with E-state index in [4.69, 9.17) is 5.73 Å². The number of carbonyl (C=O) groups excluding carboxylic acids is 2. The Bertz CT molecular complexity index is 935. The number of hydrogen-bond donors (Lipinski definition) is 3. The summed E-state index contributed by atoms with van der Waals surface area (Å²) < 4.78 is 0. The molecule has 0 bridgehead atoms. The van der Waals surface area contributed by atoms with Crippen molar-refractivity contribution in [1.29, 1.82) is 0 Å². The predicted molar refractivity (Wildman–Crippen MR) is 122 cm³/mol. The molecule has 1 aliphatic rings. The average molecular weight is 445 g/mol. The fraction of sp³-hybridized carbons (Fsp3) is 0.522. The molecule has 1 fully saturated rings. The summed E-state index contributed by atoms with van der Waals surface area (Å²) in [6.07, 6.45) is -0.519. The minimum Gasteiger partial charge on any atom is -0.391 e. The Morgan fingerprint density at radius 2 is 1.94 bits per heavy atom. The standard InChI is InChI=1S/C23H32N4O3S/c1-13(15-6-8-16(9-7-15)19-14(2)25-12-31-19)26-21(29)18-10-17(28)11-27(18)22(30)20(24)23(3,4)5/h6-9,12-13,17-18,20,28H,10-11,24H2,1-5H3,(H,26,29)/t13-,17+,18?,20?/m0/s1. The number of aliphatic hydroxyl groups excluding tert-OH is 1. The van der Waals surface area contributed by atoms with Gasteiger partial charge in [0.05, 0.1) is 34.3 Å². The Kier molecular flexibility index (Phi) is 6.83. The van der Waals surface area contributed by atoms with E-state index in [-0.39, 0.29) is 30.8 Å². The number of hydrogen-bond acceptors (Lipinski definition) is 6. The van der Waals surface area contributed by atoms with Gasteiger partial charge in [-0.2, -0.15) is 0 Å². The van der Waals surface area contributed by atoms with E-state index in [2.05, 4.69) is 10.3 Å². The van der Waals surface area contributed by atoms with Crippen molar-refractivity contribution in [1.82, 2.24) is 15.2 Å². The summed E-state index contributed by atoms with van der Waals surface area (Å²) in [5, 5.41) is 13.1. The van der Waals surface area contributed by atoms with E-state index >= 15 is 0 Å². The zero-order chi connectivity index (χ0) is 22.9. The third kappa shape index (κ3) is 5.14. The number of aromatic nitrogens is 1. The number of amides is 2. The monoisotopic (exact) mass is 444 g/mol. The summed E-state index contributed by atoms with van der Waals surface area (Å²) in [6, 6.07) is 6.32. The maximum absolute atomic E-state index is 13.0. The molecule has 2 heterocycles. The quantitative estimate of drug-likeness (QED) is 0.657. The SMILES string of the molecule is Cc1ncsc1-c1ccc([C@H](C)NC(=O)C2C[C@@H](O)CN2C(=O)C(N)C(C)(C)C)cc1. The van der Waals surface area contributed by atoms with Crippen LogP contribution in [0.15, 0.2) is 29.8 Å². The lowest BCUT2D eigenvalue weighted by Crippen LogP contribution is -2.55. The Morgan fingerprint density at radius 1 is 1.29 bits per heavy atom. The highest BCUT2D eigenvalue weighted by molar-refractivity contribution is 7.13. The zero-order valence-corrected chi connectivity index (χ0v) is 19.6. The summed E-state index contributed by atoms with van der Waals surface area (Å²) in [4.78, 5) is 32.7. The Balaban J connectivity index is 1.69. The molecule has 7 nitrogen and oxygen atoms in total. The minimum absolute atomic E-state index is 0.123. The van der Waals surface area contributed by atoms with Crippen LogP contribution in [0.2, 0.25) is 0 Å². The van der Waals surface area contributed by atoms with Gasteiger partial charge in [0.1, 0.15) is 6.04 Å². The molecule has 8 heteroatoms. The van der Waals surface area contributed by atoms with Crippen molar-refractivity contribution in [2.75, 3.05) is 6.54 Å². The molecule has 2 unspecified atom stereocenters. The number of thiazole rings is 1. The van der Waals surface area contributed by atoms with Crippen LogP contribution in [0, 0.1) is 12.3 Å². The maximum atomic E-state index is 13.0. The van der Waals surface area contributed by atoms with Crippen molar-refractivity contribution < 1.29 is 14.7 Å². The van der Waals surface area contributed by atoms with Crippen LogP contribution in [0.1, 0.15) is 51.4 Å². The van der Waals surface area contributed by atoms with E-state index in [0.29, 0.717) is 0 Å². The van der Waals surface area contributed by atoms with Crippen molar-refractivity contribution in [2.24, 2.45) is 11.1 Å². The highest BCUT2D eigenvalue weighted by Crippen LogP contribution is 2.29. The molecule has 0 aliphatic carbocycles. The molecule has 2 aromatic rings. The van der Waals surface area contributed by atoms with E-state index in [1.54, 1.807) is 11.3 Å². The lowest BCUT2D eigenvalue weighted by molar-refractivity contribution is -0.141. The summed E-state index contributed by atoms with van der Waals surface area (Å²) >= 11 is 1.60. The molecular weight excluding hydrogens is 412 g/mol. The number of nitrogens with two attached hydrogens (primary N) is 1. The highest BCUT2D eigenvalue weighted by Gasteiger charge is 2.42. The summed E-state index contributed by atoms with van der Waals surface area (Å²) in [6.45, 7) is 9.67. The second-order valence-electron chi connectivity index (χ2n) is 9.36. The summed E-state index contributed by atoms with van der Waals surface area (Å²) in [7, 11) is 0. The van der Waals surface area contributed by atoms with Crippen LogP contribution in [0.5, 0.6) is 0 Å². The molecule has 1 aromatic carbocycles. The van der Waals surface area contributed by atoms with Crippen molar-refractivity contribution in [3.05, 3.63) is 41.0 Å². The number of nitrogens with zero attached hydrogens (tertiary/aromatic N) is 2. The Labute approximate surface area is 187 Å². The molecule has 168 valence electrons. The van der Waals surface area contributed by atoms with Crippen molar-refractivity contribution in [3.8, 4) is 10.4 Å². The van der Waals surface area contributed by atoms with Gasteiger partial charge in [-0.3, -0.25) is 9.59 Å². The number of likely N-dealkylation sites (tertiary alicyclic amines) is 1. The van der Waals surface area contributed by atoms with E-state index < -0.39 is 23.6 Å². The smallest absolute Gasteiger partial charge is 0.243 e. The van der Waals surface area contributed by atoms with Crippen LogP contribution in [-0.4, -0.2) is 51.5 Å². The fourth-order valence-corrected chi connectivity index (χ4v) is 4.56. The van der Waals surface area contributed by atoms with Gasteiger partial charge in [-0.25, -0.2) is 4.98 Å². The first kappa shape index (κ1) is 23.4. The molecule has 0 saturated carbocycles. The molecule has 0 radical (unpaired) electrons. The minimum atomic E-state index is -0.742. The third-order valence-electron chi connectivity index (χ3n) is 5.84. The molecule has 31 heavy (non-hydrogen) atoms. The van der Waals surface area contributed by atoms with Crippen LogP contribution in [0.3, 0.4) is 0 Å². The number of nitrogens with one attached hydrogen (secondary N) is 1. The highest BCUT2D eigenvalue weighted by atomic mass is 32.1. The largest absolute Gasteiger partial charge is 0.391 e. The van der Waals surface area contributed by atoms with Crippen molar-refractivity contribution in [3.63, 3.8) is 0 Å². The zero-order valence-electron chi connectivity index (χ0n) is 18.8. The second kappa shape index (κ2) is 9.06. The number of carbonyl (C=O) groups is 2. The first-order valence-corrected chi connectivity index (χ1v) is 11.4. The lowest BCUT2D eigenvalue weighted by Gasteiger charge is -2.32. The maximum Gasteiger partial charge on any atom is 0.243 e. The van der Waals surface area contributed by atoms with E-state index in [9.17, 15) is 14.7 Å². The summed E-state index contributed by atoms with van der Waals surface area (Å²) in [5.41, 5.74) is 10.6. The second-order valence-corrected chi connectivity index (χ2v) is 10.2. The summed E-state index contributed by atoms with van der Waals surface area (Å²) in [5.74, 6) is -0.581. The van der Waals surface area contributed by atoms with Gasteiger partial charge in [-0.05, 0) is 30.4 Å². The van der Waals surface area contributed by atoms with Gasteiger partial charge in [-0.15, -0.1) is 11.3 Å². The average Bonchev–Trinajstić information content (AvgIpc) is 3.31. The fourth-order valence-electron chi connectivity index (χ4n) is 3.75. The number of aliphatic hydroxyl groups is 1. The van der Waals surface area contributed by atoms with E-state index in [1.165, 1.54) is 4.90 Å². The third-order valence-corrected chi connectivity index (χ3v) is 6.82. The van der Waals surface area contributed by atoms with Gasteiger partial charge in [0.25, 0.3) is 0 Å². The Morgan fingerprint density at radius 3 is 2.48 bits per heavy atom. The van der Waals surface area contributed by atoms with Gasteiger partial charge in [0, 0.05) is 13.0 Å². The Hall–Kier alpha value is -2.29. The van der Waals surface area contributed by atoms with Gasteiger partial charge >= 0.3 is 0 Å². The van der Waals surface area contributed by atoms with E-state index in [1.807, 2.05) is 64.4 Å². The molecule has 2 amide bonds. The molecular formula is C23H32N4O3S. The van der Waals surface area contributed by atoms with Crippen molar-refractivity contribution in [2.45, 2.75) is 65.3 Å². The van der Waals surface area contributed by atoms with Crippen LogP contribution < -0.4 is 11.1 Å².